The Balaban J connectivity index is 1.99. The van der Waals surface area contributed by atoms with Gasteiger partial charge in [-0.25, -0.2) is 4.98 Å². The van der Waals surface area contributed by atoms with E-state index in [0.717, 1.165) is 24.4 Å². The van der Waals surface area contributed by atoms with Gasteiger partial charge >= 0.3 is 5.97 Å². The van der Waals surface area contributed by atoms with Gasteiger partial charge in [-0.1, -0.05) is 11.8 Å². The van der Waals surface area contributed by atoms with Gasteiger partial charge in [-0.15, -0.1) is 22.7 Å². The van der Waals surface area contributed by atoms with E-state index in [1.165, 1.54) is 16.9 Å². The van der Waals surface area contributed by atoms with Crippen LogP contribution in [0.5, 0.6) is 0 Å². The first-order valence-corrected chi connectivity index (χ1v) is 8.56. The molecule has 2 heterocycles. The van der Waals surface area contributed by atoms with Gasteiger partial charge < -0.3 is 5.11 Å². The molecule has 0 spiro atoms. The third-order valence-corrected chi connectivity index (χ3v) is 6.09. The molecule has 3 nitrogen and oxygen atoms in total. The number of halogens is 1. The molecule has 0 saturated heterocycles. The van der Waals surface area contributed by atoms with Crippen molar-refractivity contribution < 1.29 is 9.90 Å². The Hall–Kier alpha value is -0.370. The molecule has 18 heavy (non-hydrogen) atoms. The molecule has 0 aromatic carbocycles. The molecule has 96 valence electrons. The number of nitrogens with zero attached hydrogens (tertiary/aromatic N) is 1. The molecule has 7 heteroatoms. The fraction of sp³-hybridized carbons (Fsp3) is 0.273. The van der Waals surface area contributed by atoms with E-state index in [-0.39, 0.29) is 6.42 Å². The third kappa shape index (κ3) is 3.81. The normalized spacial score (nSPS) is 10.8. The van der Waals surface area contributed by atoms with Gasteiger partial charge in [0.1, 0.15) is 0 Å². The summed E-state index contributed by atoms with van der Waals surface area (Å²) >= 11 is 8.22. The zero-order valence-corrected chi connectivity index (χ0v) is 13.5. The molecule has 0 unspecified atom stereocenters. The van der Waals surface area contributed by atoms with Gasteiger partial charge in [0.15, 0.2) is 4.34 Å². The molecule has 0 fully saturated rings. The number of hydrogen-bond acceptors (Lipinski definition) is 5. The number of thiazole rings is 1. The summed E-state index contributed by atoms with van der Waals surface area (Å²) in [5.41, 5.74) is 2.08. The number of carboxylic acid groups (broad SMARTS) is 1. The fourth-order valence-corrected chi connectivity index (χ4v) is 4.80. The second-order valence-corrected chi connectivity index (χ2v) is 8.20. The lowest BCUT2D eigenvalue weighted by Gasteiger charge is -1.93. The quantitative estimate of drug-likeness (QED) is 0.808. The summed E-state index contributed by atoms with van der Waals surface area (Å²) in [5.74, 6) is 0.0572. The van der Waals surface area contributed by atoms with Crippen LogP contribution in [0, 0.1) is 6.92 Å². The predicted molar refractivity (Wildman–Crippen MR) is 79.8 cm³/mol. The summed E-state index contributed by atoms with van der Waals surface area (Å²) in [5, 5.41) is 10.9. The Morgan fingerprint density at radius 3 is 3.00 bits per heavy atom. The number of rotatable bonds is 5. The number of carboxylic acids is 1. The maximum Gasteiger partial charge on any atom is 0.308 e. The minimum Gasteiger partial charge on any atom is -0.481 e. The molecule has 0 aliphatic carbocycles. The summed E-state index contributed by atoms with van der Waals surface area (Å²) < 4.78 is 2.06. The zero-order chi connectivity index (χ0) is 13.1. The Morgan fingerprint density at radius 2 is 2.39 bits per heavy atom. The van der Waals surface area contributed by atoms with Gasteiger partial charge in [-0.3, -0.25) is 4.79 Å². The highest BCUT2D eigenvalue weighted by atomic mass is 79.9. The first-order chi connectivity index (χ1) is 8.54. The van der Waals surface area contributed by atoms with Crippen molar-refractivity contribution >= 4 is 56.3 Å². The third-order valence-electron chi connectivity index (χ3n) is 2.17. The number of thioether (sulfide) groups is 1. The van der Waals surface area contributed by atoms with E-state index in [2.05, 4.69) is 32.4 Å². The molecule has 2 aromatic rings. The lowest BCUT2D eigenvalue weighted by atomic mass is 10.3. The van der Waals surface area contributed by atoms with Crippen LogP contribution in [0.2, 0.25) is 0 Å². The molecule has 0 bridgehead atoms. The summed E-state index contributed by atoms with van der Waals surface area (Å²) in [6.07, 6.45) is 0.0636. The molecule has 0 radical (unpaired) electrons. The molecular weight excluding hydrogens is 354 g/mol. The highest BCUT2D eigenvalue weighted by Gasteiger charge is 2.11. The molecule has 1 N–H and O–H groups in total. The van der Waals surface area contributed by atoms with E-state index >= 15 is 0 Å². The van der Waals surface area contributed by atoms with Crippen molar-refractivity contribution in [1.82, 2.24) is 4.98 Å². The van der Waals surface area contributed by atoms with Crippen molar-refractivity contribution in [3.8, 4) is 0 Å². The van der Waals surface area contributed by atoms with Gasteiger partial charge in [0.05, 0.1) is 15.9 Å². The van der Waals surface area contributed by atoms with Crippen LogP contribution in [-0.4, -0.2) is 16.1 Å². The van der Waals surface area contributed by atoms with Gasteiger partial charge in [0.2, 0.25) is 0 Å². The summed E-state index contributed by atoms with van der Waals surface area (Å²) in [7, 11) is 0. The van der Waals surface area contributed by atoms with Crippen LogP contribution in [0.4, 0.5) is 0 Å². The van der Waals surface area contributed by atoms with Crippen LogP contribution < -0.4 is 0 Å². The second kappa shape index (κ2) is 6.18. The molecule has 2 aromatic heterocycles. The summed E-state index contributed by atoms with van der Waals surface area (Å²) in [6.45, 7) is 1.86. The van der Waals surface area contributed by atoms with Crippen molar-refractivity contribution in [1.29, 1.82) is 0 Å². The Labute approximate surface area is 125 Å². The van der Waals surface area contributed by atoms with Crippen LogP contribution in [-0.2, 0) is 17.0 Å². The standard InChI is InChI=1S/C11H10BrNO2S3/c1-6-8(3-10(14)15)18-11(13-6)17-5-7-2-9(12)16-4-7/h2,4H,3,5H2,1H3,(H,14,15). The van der Waals surface area contributed by atoms with E-state index in [0.29, 0.717) is 0 Å². The Morgan fingerprint density at radius 1 is 1.61 bits per heavy atom. The van der Waals surface area contributed by atoms with Crippen LogP contribution in [0.1, 0.15) is 16.1 Å². The first-order valence-electron chi connectivity index (χ1n) is 5.08. The smallest absolute Gasteiger partial charge is 0.308 e. The zero-order valence-electron chi connectivity index (χ0n) is 9.47. The minimum absolute atomic E-state index is 0.0636. The molecule has 0 amide bonds. The minimum atomic E-state index is -0.805. The van der Waals surface area contributed by atoms with Gasteiger partial charge in [0, 0.05) is 10.6 Å². The van der Waals surface area contributed by atoms with Crippen molar-refractivity contribution in [3.63, 3.8) is 0 Å². The lowest BCUT2D eigenvalue weighted by Crippen LogP contribution is -1.99. The van der Waals surface area contributed by atoms with Crippen LogP contribution in [0.3, 0.4) is 0 Å². The van der Waals surface area contributed by atoms with Gasteiger partial charge in [-0.05, 0) is 39.9 Å². The number of aromatic nitrogens is 1. The fourth-order valence-electron chi connectivity index (χ4n) is 1.33. The van der Waals surface area contributed by atoms with E-state index in [1.54, 1.807) is 23.1 Å². The van der Waals surface area contributed by atoms with E-state index < -0.39 is 5.97 Å². The summed E-state index contributed by atoms with van der Waals surface area (Å²) in [6, 6.07) is 2.09. The maximum atomic E-state index is 10.7. The predicted octanol–water partition coefficient (Wildman–Crippen LogP) is 4.19. The Kier molecular flexibility index (Phi) is 4.83. The lowest BCUT2D eigenvalue weighted by molar-refractivity contribution is -0.136. The number of hydrogen-bond donors (Lipinski definition) is 1. The average molecular weight is 364 g/mol. The van der Waals surface area contributed by atoms with Gasteiger partial charge in [-0.2, -0.15) is 0 Å². The molecule has 0 aliphatic heterocycles. The molecular formula is C11H10BrNO2S3. The first kappa shape index (κ1) is 14.0. The van der Waals surface area contributed by atoms with E-state index in [4.69, 9.17) is 5.11 Å². The van der Waals surface area contributed by atoms with Crippen LogP contribution in [0.15, 0.2) is 19.6 Å². The van der Waals surface area contributed by atoms with Crippen molar-refractivity contribution in [2.24, 2.45) is 0 Å². The van der Waals surface area contributed by atoms with Crippen molar-refractivity contribution in [3.05, 3.63) is 31.4 Å². The highest BCUT2D eigenvalue weighted by Crippen LogP contribution is 2.31. The topological polar surface area (TPSA) is 50.2 Å². The van der Waals surface area contributed by atoms with Crippen LogP contribution >= 0.6 is 50.4 Å². The number of carbonyl (C=O) groups is 1. The van der Waals surface area contributed by atoms with E-state index in [9.17, 15) is 4.79 Å². The molecule has 0 atom stereocenters. The monoisotopic (exact) mass is 363 g/mol. The van der Waals surface area contributed by atoms with E-state index in [1.807, 2.05) is 6.92 Å². The molecule has 0 saturated carbocycles. The molecule has 0 aliphatic rings. The van der Waals surface area contributed by atoms with Gasteiger partial charge in [0.25, 0.3) is 0 Å². The number of aryl methyl sites for hydroxylation is 1. The molecule has 2 rings (SSSR count). The second-order valence-electron chi connectivity index (χ2n) is 3.61. The van der Waals surface area contributed by atoms with Crippen molar-refractivity contribution in [2.45, 2.75) is 23.4 Å². The van der Waals surface area contributed by atoms with Crippen LogP contribution in [0.25, 0.3) is 0 Å². The summed E-state index contributed by atoms with van der Waals surface area (Å²) in [4.78, 5) is 15.9. The number of aliphatic carboxylic acids is 1. The number of thiophene rings is 1. The highest BCUT2D eigenvalue weighted by molar-refractivity contribution is 9.11. The average Bonchev–Trinajstić information content (AvgIpc) is 2.83. The largest absolute Gasteiger partial charge is 0.481 e. The van der Waals surface area contributed by atoms with Crippen molar-refractivity contribution in [2.75, 3.05) is 0 Å². The Bertz CT molecular complexity index is 564. The maximum absolute atomic E-state index is 10.7. The SMILES string of the molecule is Cc1nc(SCc2csc(Br)c2)sc1CC(=O)O.